The lowest BCUT2D eigenvalue weighted by Gasteiger charge is -2.56. The highest BCUT2D eigenvalue weighted by Crippen LogP contribution is 2.45. The van der Waals surface area contributed by atoms with Crippen molar-refractivity contribution in [1.29, 1.82) is 0 Å². The molecule has 4 saturated heterocycles. The topological polar surface area (TPSA) is 91.8 Å². The summed E-state index contributed by atoms with van der Waals surface area (Å²) in [4.78, 5) is 31.6. The zero-order valence-electron chi connectivity index (χ0n) is 24.2. The molecule has 5 heterocycles. The number of ether oxygens (including phenoxy) is 3. The quantitative estimate of drug-likeness (QED) is 0.375. The molecule has 0 aliphatic carbocycles. The van der Waals surface area contributed by atoms with Gasteiger partial charge in [-0.1, -0.05) is 41.4 Å². The van der Waals surface area contributed by atoms with E-state index in [0.29, 0.717) is 35.8 Å². The van der Waals surface area contributed by atoms with Gasteiger partial charge in [-0.25, -0.2) is 9.18 Å². The van der Waals surface area contributed by atoms with Gasteiger partial charge < -0.3 is 34.0 Å². The summed E-state index contributed by atoms with van der Waals surface area (Å²) in [6.45, 7) is 4.34. The van der Waals surface area contributed by atoms with Crippen molar-refractivity contribution in [2.75, 3.05) is 56.0 Å². The van der Waals surface area contributed by atoms with Crippen LogP contribution in [0, 0.1) is 11.2 Å². The van der Waals surface area contributed by atoms with Crippen LogP contribution in [0.3, 0.4) is 0 Å². The van der Waals surface area contributed by atoms with Crippen molar-refractivity contribution in [2.45, 2.75) is 31.5 Å². The molecule has 0 saturated carbocycles. The molecule has 5 aliphatic rings. The van der Waals surface area contributed by atoms with Crippen molar-refractivity contribution >= 4 is 46.5 Å². The van der Waals surface area contributed by atoms with E-state index in [4.69, 9.17) is 37.4 Å². The number of morpholine rings is 1. The first-order chi connectivity index (χ1) is 21.7. The Morgan fingerprint density at radius 2 is 1.67 bits per heavy atom. The molecular formula is C33H30Cl2FN3O6. The predicted octanol–water partition coefficient (Wildman–Crippen LogP) is 5.69. The minimum absolute atomic E-state index is 0.0354. The van der Waals surface area contributed by atoms with E-state index < -0.39 is 11.8 Å². The van der Waals surface area contributed by atoms with E-state index >= 15 is 4.39 Å². The molecule has 2 unspecified atom stereocenters. The maximum atomic E-state index is 15.7. The number of rotatable bonds is 5. The zero-order valence-corrected chi connectivity index (χ0v) is 25.7. The number of fused-ring (bicyclic) bond motifs is 3. The number of anilines is 2. The Hall–Kier alpha value is -3.57. The van der Waals surface area contributed by atoms with Crippen molar-refractivity contribution in [2.24, 2.45) is 5.41 Å². The summed E-state index contributed by atoms with van der Waals surface area (Å²) in [5, 5.41) is 10.5. The second kappa shape index (κ2) is 10.8. The van der Waals surface area contributed by atoms with Gasteiger partial charge in [-0.3, -0.25) is 4.79 Å². The van der Waals surface area contributed by atoms with Crippen molar-refractivity contribution in [1.82, 2.24) is 4.90 Å². The Balaban J connectivity index is 1.07. The Morgan fingerprint density at radius 1 is 0.956 bits per heavy atom. The number of nitrogens with zero attached hydrogens (tertiary/aromatic N) is 3. The first kappa shape index (κ1) is 28.9. The smallest absolute Gasteiger partial charge is 0.337 e. The summed E-state index contributed by atoms with van der Waals surface area (Å²) < 4.78 is 32.8. The molecule has 12 heteroatoms. The van der Waals surface area contributed by atoms with Gasteiger partial charge in [-0.05, 0) is 37.1 Å². The van der Waals surface area contributed by atoms with E-state index in [-0.39, 0.29) is 63.4 Å². The van der Waals surface area contributed by atoms with Gasteiger partial charge in [0.15, 0.2) is 6.73 Å². The highest BCUT2D eigenvalue weighted by atomic mass is 35.5. The third-order valence-electron chi connectivity index (χ3n) is 9.71. The SMILES string of the molecule is O=C(O)c1cc(F)c(-c2cccc3c2OCN(C(=O)c2c(Cl)cc(N4CC5(COC5)C4)cc2Cl)C3)cc1N1C2CCC1COC2. The average molecular weight is 655 g/mol. The molecule has 3 aromatic rings. The van der Waals surface area contributed by atoms with Gasteiger partial charge in [0, 0.05) is 35.5 Å². The number of carboxylic acid groups (broad SMARTS) is 1. The van der Waals surface area contributed by atoms with Crippen molar-refractivity contribution in [3.8, 4) is 16.9 Å². The molecule has 0 aromatic heterocycles. The summed E-state index contributed by atoms with van der Waals surface area (Å²) in [7, 11) is 0. The van der Waals surface area contributed by atoms with Crippen LogP contribution in [0.1, 0.15) is 39.1 Å². The molecule has 8 rings (SSSR count). The summed E-state index contributed by atoms with van der Waals surface area (Å²) in [6.07, 6.45) is 1.77. The highest BCUT2D eigenvalue weighted by Gasteiger charge is 2.49. The molecule has 0 radical (unpaired) electrons. The molecule has 1 N–H and O–H groups in total. The van der Waals surface area contributed by atoms with Crippen LogP contribution in [-0.4, -0.2) is 80.2 Å². The van der Waals surface area contributed by atoms with Gasteiger partial charge in [0.2, 0.25) is 0 Å². The van der Waals surface area contributed by atoms with Gasteiger partial charge >= 0.3 is 5.97 Å². The lowest BCUT2D eigenvalue weighted by Crippen LogP contribution is -2.66. The van der Waals surface area contributed by atoms with Crippen LogP contribution in [0.5, 0.6) is 5.75 Å². The summed E-state index contributed by atoms with van der Waals surface area (Å²) >= 11 is 13.3. The Labute approximate surface area is 269 Å². The molecule has 9 nitrogen and oxygen atoms in total. The first-order valence-electron chi connectivity index (χ1n) is 15.0. The lowest BCUT2D eigenvalue weighted by atomic mass is 9.78. The zero-order chi connectivity index (χ0) is 31.0. The number of hydrogen-bond acceptors (Lipinski definition) is 7. The van der Waals surface area contributed by atoms with Crippen LogP contribution in [-0.2, 0) is 16.0 Å². The van der Waals surface area contributed by atoms with Crippen LogP contribution in [0.15, 0.2) is 42.5 Å². The van der Waals surface area contributed by atoms with Gasteiger partial charge in [0.25, 0.3) is 5.91 Å². The number of halogens is 3. The average Bonchev–Trinajstić information content (AvgIpc) is 3.21. The first-order valence-corrected chi connectivity index (χ1v) is 15.8. The molecule has 1 amide bonds. The maximum absolute atomic E-state index is 15.7. The van der Waals surface area contributed by atoms with Crippen molar-refractivity contribution < 1.29 is 33.3 Å². The Kier molecular flexibility index (Phi) is 6.90. The minimum atomic E-state index is -1.19. The van der Waals surface area contributed by atoms with Gasteiger partial charge in [-0.2, -0.15) is 0 Å². The van der Waals surface area contributed by atoms with Crippen LogP contribution < -0.4 is 14.5 Å². The second-order valence-corrected chi connectivity index (χ2v) is 13.5. The van der Waals surface area contributed by atoms with E-state index in [1.54, 1.807) is 30.3 Å². The fourth-order valence-electron chi connectivity index (χ4n) is 7.42. The van der Waals surface area contributed by atoms with Crippen LogP contribution >= 0.6 is 23.2 Å². The van der Waals surface area contributed by atoms with Crippen molar-refractivity contribution in [3.05, 3.63) is 75.0 Å². The molecule has 234 valence electrons. The van der Waals surface area contributed by atoms with Crippen LogP contribution in [0.2, 0.25) is 10.0 Å². The molecule has 2 bridgehead atoms. The number of carbonyl (C=O) groups excluding carboxylic acids is 1. The van der Waals surface area contributed by atoms with E-state index in [0.717, 1.165) is 50.9 Å². The summed E-state index contributed by atoms with van der Waals surface area (Å²) in [5.41, 5.74) is 3.08. The van der Waals surface area contributed by atoms with E-state index in [2.05, 4.69) is 9.80 Å². The number of para-hydroxylation sites is 1. The normalized spacial score (nSPS) is 22.9. The second-order valence-electron chi connectivity index (χ2n) is 12.7. The summed E-state index contributed by atoms with van der Waals surface area (Å²) in [6, 6.07) is 11.7. The lowest BCUT2D eigenvalue weighted by molar-refractivity contribution is -0.127. The number of carboxylic acids is 1. The third-order valence-corrected chi connectivity index (χ3v) is 10.3. The van der Waals surface area contributed by atoms with Gasteiger partial charge in [0.05, 0.1) is 77.3 Å². The van der Waals surface area contributed by atoms with Crippen LogP contribution in [0.4, 0.5) is 15.8 Å². The molecule has 1 spiro atoms. The third kappa shape index (κ3) is 4.72. The molecular weight excluding hydrogens is 624 g/mol. The molecule has 3 aromatic carbocycles. The van der Waals surface area contributed by atoms with Crippen molar-refractivity contribution in [3.63, 3.8) is 0 Å². The molecule has 5 aliphatic heterocycles. The largest absolute Gasteiger partial charge is 0.478 e. The number of amides is 1. The Morgan fingerprint density at radius 3 is 2.31 bits per heavy atom. The van der Waals surface area contributed by atoms with E-state index in [1.165, 1.54) is 4.90 Å². The van der Waals surface area contributed by atoms with E-state index in [1.807, 2.05) is 6.07 Å². The maximum Gasteiger partial charge on any atom is 0.337 e. The van der Waals surface area contributed by atoms with Crippen LogP contribution in [0.25, 0.3) is 11.1 Å². The number of hydrogen-bond donors (Lipinski definition) is 1. The highest BCUT2D eigenvalue weighted by molar-refractivity contribution is 6.40. The monoisotopic (exact) mass is 653 g/mol. The van der Waals surface area contributed by atoms with Gasteiger partial charge in [-0.15, -0.1) is 0 Å². The number of benzene rings is 3. The molecule has 4 fully saturated rings. The Bertz CT molecular complexity index is 1700. The standard InChI is InChI=1S/C33H30Cl2FN3O6/c34-25-6-21(38-13-33(14-38)15-44-16-33)7-26(35)29(25)31(40)37-10-18-2-1-3-22(30(18)45-17-37)23-9-28(24(32(41)42)8-27(23)36)39-19-4-5-20(39)12-43-11-19/h1-3,6-9,19-20H,4-5,10-17H2,(H,41,42). The summed E-state index contributed by atoms with van der Waals surface area (Å²) in [5.74, 6) is -1.78. The van der Waals surface area contributed by atoms with E-state index in [9.17, 15) is 14.7 Å². The fourth-order valence-corrected chi connectivity index (χ4v) is 8.05. The minimum Gasteiger partial charge on any atom is -0.478 e. The predicted molar refractivity (Wildman–Crippen MR) is 166 cm³/mol. The number of aromatic carboxylic acids is 1. The number of carbonyl (C=O) groups is 2. The molecule has 2 atom stereocenters. The molecule has 45 heavy (non-hydrogen) atoms. The fraction of sp³-hybridized carbons (Fsp3) is 0.394. The van der Waals surface area contributed by atoms with Gasteiger partial charge in [0.1, 0.15) is 11.6 Å².